The number of hydrogen-bond donors (Lipinski definition) is 2. The summed E-state index contributed by atoms with van der Waals surface area (Å²) in [7, 11) is 1.32. The maximum atomic E-state index is 12.4. The van der Waals surface area contributed by atoms with E-state index >= 15 is 0 Å². The number of thiocarbonyl (C=S) groups is 1. The first-order valence-electron chi connectivity index (χ1n) is 9.35. The van der Waals surface area contributed by atoms with Crippen molar-refractivity contribution in [1.29, 1.82) is 0 Å². The number of methoxy groups -OCH3 is 1. The number of benzene rings is 3. The summed E-state index contributed by atoms with van der Waals surface area (Å²) in [6.07, 6.45) is 0. The van der Waals surface area contributed by atoms with E-state index in [0.29, 0.717) is 17.2 Å². The lowest BCUT2D eigenvalue weighted by atomic mass is 10.1. The second kappa shape index (κ2) is 8.82. The summed E-state index contributed by atoms with van der Waals surface area (Å²) in [5, 5.41) is 16.6. The first-order valence-corrected chi connectivity index (χ1v) is 9.76. The van der Waals surface area contributed by atoms with Crippen LogP contribution >= 0.6 is 12.2 Å². The van der Waals surface area contributed by atoms with Crippen LogP contribution < -0.4 is 15.4 Å². The van der Waals surface area contributed by atoms with Gasteiger partial charge in [-0.2, -0.15) is 0 Å². The Morgan fingerprint density at radius 1 is 1.12 bits per heavy atom. The molecule has 10 heteroatoms. The van der Waals surface area contributed by atoms with Gasteiger partial charge in [0.05, 0.1) is 12.0 Å². The van der Waals surface area contributed by atoms with Gasteiger partial charge in [-0.05, 0) is 60.7 Å². The Balaban J connectivity index is 1.42. The van der Waals surface area contributed by atoms with Crippen molar-refractivity contribution in [3.63, 3.8) is 0 Å². The zero-order chi connectivity index (χ0) is 22.7. The summed E-state index contributed by atoms with van der Waals surface area (Å²) in [4.78, 5) is 27.4. The van der Waals surface area contributed by atoms with Gasteiger partial charge in [0.25, 0.3) is 5.91 Å². The summed E-state index contributed by atoms with van der Waals surface area (Å²) in [5.74, 6) is -0.0302. The molecule has 0 aliphatic rings. The SMILES string of the molecule is COc1ccc(C(=O)NC(=S)Nc2ccc(-c3nc4ccccc4o3)cc2)cc1[N+](=O)[O-]. The van der Waals surface area contributed by atoms with Gasteiger partial charge >= 0.3 is 5.69 Å². The molecule has 1 amide bonds. The highest BCUT2D eigenvalue weighted by Crippen LogP contribution is 2.28. The molecule has 9 nitrogen and oxygen atoms in total. The van der Waals surface area contributed by atoms with E-state index < -0.39 is 10.8 Å². The Hall–Kier alpha value is -4.31. The van der Waals surface area contributed by atoms with Crippen LogP contribution in [0.15, 0.2) is 71.1 Å². The topological polar surface area (TPSA) is 120 Å². The van der Waals surface area contributed by atoms with Crippen LogP contribution in [-0.2, 0) is 0 Å². The second-order valence-electron chi connectivity index (χ2n) is 6.62. The summed E-state index contributed by atoms with van der Waals surface area (Å²) < 4.78 is 10.7. The van der Waals surface area contributed by atoms with E-state index in [2.05, 4.69) is 15.6 Å². The Morgan fingerprint density at radius 2 is 1.88 bits per heavy atom. The lowest BCUT2D eigenvalue weighted by Crippen LogP contribution is -2.34. The Bertz CT molecular complexity index is 1300. The standard InChI is InChI=1S/C22H16N4O5S/c1-30-19-11-8-14(12-17(19)26(28)29)20(27)25-22(32)23-15-9-6-13(7-10-15)21-24-16-4-2-3-5-18(16)31-21/h2-12H,1H3,(H2,23,25,27,32). The fourth-order valence-corrected chi connectivity index (χ4v) is 3.21. The summed E-state index contributed by atoms with van der Waals surface area (Å²) in [5.41, 5.74) is 2.66. The molecule has 3 aromatic carbocycles. The van der Waals surface area contributed by atoms with Crippen LogP contribution in [0.5, 0.6) is 5.75 Å². The van der Waals surface area contributed by atoms with Crippen LogP contribution in [-0.4, -0.2) is 28.0 Å². The normalized spacial score (nSPS) is 10.5. The fourth-order valence-electron chi connectivity index (χ4n) is 3.00. The molecule has 0 saturated heterocycles. The van der Waals surface area contributed by atoms with Gasteiger partial charge in [-0.15, -0.1) is 0 Å². The number of rotatable bonds is 5. The minimum Gasteiger partial charge on any atom is -0.490 e. The molecule has 1 aromatic heterocycles. The third kappa shape index (κ3) is 4.40. The monoisotopic (exact) mass is 448 g/mol. The van der Waals surface area contributed by atoms with Crippen molar-refractivity contribution < 1.29 is 18.9 Å². The molecule has 0 aliphatic heterocycles. The molecule has 160 valence electrons. The highest BCUT2D eigenvalue weighted by Gasteiger charge is 2.18. The number of hydrogen-bond acceptors (Lipinski definition) is 7. The van der Waals surface area contributed by atoms with Crippen molar-refractivity contribution in [2.75, 3.05) is 12.4 Å². The van der Waals surface area contributed by atoms with Gasteiger partial charge in [0.1, 0.15) is 5.52 Å². The van der Waals surface area contributed by atoms with Crippen LogP contribution in [0.1, 0.15) is 10.4 Å². The Kier molecular flexibility index (Phi) is 5.77. The molecule has 0 unspecified atom stereocenters. The zero-order valence-electron chi connectivity index (χ0n) is 16.7. The number of nitrogens with one attached hydrogen (secondary N) is 2. The van der Waals surface area contributed by atoms with Gasteiger partial charge in [0.15, 0.2) is 16.4 Å². The molecule has 0 atom stereocenters. The predicted octanol–water partition coefficient (Wildman–Crippen LogP) is 4.54. The van der Waals surface area contributed by atoms with Gasteiger partial charge in [-0.3, -0.25) is 20.2 Å². The number of nitro benzene ring substituents is 1. The number of amides is 1. The van der Waals surface area contributed by atoms with E-state index in [1.807, 2.05) is 36.4 Å². The molecule has 0 saturated carbocycles. The number of carbonyl (C=O) groups excluding carboxylic acids is 1. The lowest BCUT2D eigenvalue weighted by molar-refractivity contribution is -0.385. The van der Waals surface area contributed by atoms with Crippen molar-refractivity contribution in [3.8, 4) is 17.2 Å². The molecule has 0 spiro atoms. The number of oxazole rings is 1. The van der Waals surface area contributed by atoms with E-state index in [0.717, 1.165) is 17.1 Å². The van der Waals surface area contributed by atoms with E-state index in [1.165, 1.54) is 19.2 Å². The number of fused-ring (bicyclic) bond motifs is 1. The van der Waals surface area contributed by atoms with E-state index in [-0.39, 0.29) is 22.1 Å². The van der Waals surface area contributed by atoms with Gasteiger partial charge in [-0.1, -0.05) is 12.1 Å². The molecule has 0 bridgehead atoms. The smallest absolute Gasteiger partial charge is 0.311 e. The zero-order valence-corrected chi connectivity index (χ0v) is 17.5. The number of ether oxygens (including phenoxy) is 1. The third-order valence-corrected chi connectivity index (χ3v) is 4.75. The summed E-state index contributed by atoms with van der Waals surface area (Å²) >= 11 is 5.18. The maximum absolute atomic E-state index is 12.4. The first-order chi connectivity index (χ1) is 15.4. The number of anilines is 1. The maximum Gasteiger partial charge on any atom is 0.311 e. The minimum atomic E-state index is -0.620. The van der Waals surface area contributed by atoms with E-state index in [9.17, 15) is 14.9 Å². The summed E-state index contributed by atoms with van der Waals surface area (Å²) in [6.45, 7) is 0. The van der Waals surface area contributed by atoms with Crippen LogP contribution in [0.25, 0.3) is 22.6 Å². The van der Waals surface area contributed by atoms with Gasteiger partial charge in [-0.25, -0.2) is 4.98 Å². The van der Waals surface area contributed by atoms with Crippen molar-refractivity contribution in [2.45, 2.75) is 0 Å². The lowest BCUT2D eigenvalue weighted by Gasteiger charge is -2.10. The number of para-hydroxylation sites is 2. The number of carbonyl (C=O) groups is 1. The highest BCUT2D eigenvalue weighted by molar-refractivity contribution is 7.80. The second-order valence-corrected chi connectivity index (χ2v) is 7.02. The van der Waals surface area contributed by atoms with Crippen molar-refractivity contribution in [1.82, 2.24) is 10.3 Å². The fraction of sp³-hybridized carbons (Fsp3) is 0.0455. The van der Waals surface area contributed by atoms with Crippen molar-refractivity contribution >= 4 is 45.7 Å². The number of nitro groups is 1. The number of aromatic nitrogens is 1. The Labute approximate surface area is 187 Å². The molecule has 2 N–H and O–H groups in total. The molecule has 32 heavy (non-hydrogen) atoms. The number of nitrogens with zero attached hydrogens (tertiary/aromatic N) is 2. The van der Waals surface area contributed by atoms with Crippen molar-refractivity contribution in [2.24, 2.45) is 0 Å². The molecule has 0 radical (unpaired) electrons. The van der Waals surface area contributed by atoms with Gasteiger partial charge in [0.2, 0.25) is 5.89 Å². The molecular weight excluding hydrogens is 432 g/mol. The van der Waals surface area contributed by atoms with Crippen LogP contribution in [0.3, 0.4) is 0 Å². The van der Waals surface area contributed by atoms with Crippen LogP contribution in [0, 0.1) is 10.1 Å². The quantitative estimate of drug-likeness (QED) is 0.259. The average Bonchev–Trinajstić information content (AvgIpc) is 3.23. The van der Waals surface area contributed by atoms with Crippen LogP contribution in [0.2, 0.25) is 0 Å². The average molecular weight is 448 g/mol. The first kappa shape index (κ1) is 20.9. The predicted molar refractivity (Wildman–Crippen MR) is 123 cm³/mol. The molecule has 0 aliphatic carbocycles. The summed E-state index contributed by atoms with van der Waals surface area (Å²) in [6, 6.07) is 18.5. The van der Waals surface area contributed by atoms with E-state index in [4.69, 9.17) is 21.4 Å². The molecule has 0 fully saturated rings. The molecule has 1 heterocycles. The third-order valence-electron chi connectivity index (χ3n) is 4.55. The minimum absolute atomic E-state index is 0.0445. The molecular formula is C22H16N4O5S. The van der Waals surface area contributed by atoms with Crippen LogP contribution in [0.4, 0.5) is 11.4 Å². The molecule has 4 aromatic rings. The Morgan fingerprint density at radius 3 is 2.56 bits per heavy atom. The highest BCUT2D eigenvalue weighted by atomic mass is 32.1. The van der Waals surface area contributed by atoms with Crippen molar-refractivity contribution in [3.05, 3.63) is 82.4 Å². The molecule has 4 rings (SSSR count). The van der Waals surface area contributed by atoms with Gasteiger partial charge < -0.3 is 14.5 Å². The largest absolute Gasteiger partial charge is 0.490 e. The van der Waals surface area contributed by atoms with E-state index in [1.54, 1.807) is 12.1 Å². The van der Waals surface area contributed by atoms with Gasteiger partial charge in [0, 0.05) is 22.9 Å².